The second-order valence-corrected chi connectivity index (χ2v) is 9.32. The van der Waals surface area contributed by atoms with Gasteiger partial charge in [0, 0.05) is 18.4 Å². The van der Waals surface area contributed by atoms with Crippen LogP contribution in [-0.4, -0.2) is 45.2 Å². The van der Waals surface area contributed by atoms with E-state index in [1.54, 1.807) is 12.1 Å². The van der Waals surface area contributed by atoms with Crippen molar-refractivity contribution in [1.82, 2.24) is 4.90 Å². The molecule has 2 aliphatic rings. The summed E-state index contributed by atoms with van der Waals surface area (Å²) >= 11 is 0. The summed E-state index contributed by atoms with van der Waals surface area (Å²) in [5.41, 5.74) is 2.21. The van der Waals surface area contributed by atoms with Crippen molar-refractivity contribution in [3.05, 3.63) is 53.1 Å². The maximum atomic E-state index is 13.3. The first-order chi connectivity index (χ1) is 13.3. The first kappa shape index (κ1) is 18.8. The lowest BCUT2D eigenvalue weighted by Gasteiger charge is -2.27. The summed E-state index contributed by atoms with van der Waals surface area (Å²) < 4.78 is 35.1. The quantitative estimate of drug-likeness (QED) is 0.790. The largest absolute Gasteiger partial charge is 0.486 e. The van der Waals surface area contributed by atoms with Gasteiger partial charge in [-0.15, -0.1) is 0 Å². The average Bonchev–Trinajstić information content (AvgIpc) is 3.16. The van der Waals surface area contributed by atoms with Gasteiger partial charge in [0.25, 0.3) is 5.91 Å². The fourth-order valence-corrected chi connectivity index (χ4v) is 4.49. The van der Waals surface area contributed by atoms with Crippen LogP contribution in [0, 0.1) is 6.92 Å². The molecule has 4 rings (SSSR count). The zero-order chi connectivity index (χ0) is 19.9. The third kappa shape index (κ3) is 3.46. The van der Waals surface area contributed by atoms with Gasteiger partial charge in [-0.25, -0.2) is 8.42 Å². The maximum absolute atomic E-state index is 13.3. The molecule has 0 spiro atoms. The molecule has 28 heavy (non-hydrogen) atoms. The van der Waals surface area contributed by atoms with Crippen LogP contribution in [-0.2, 0) is 9.84 Å². The fraction of sp³-hybridized carbons (Fsp3) is 0.381. The van der Waals surface area contributed by atoms with Gasteiger partial charge in [-0.05, 0) is 55.2 Å². The molecule has 0 aliphatic carbocycles. The van der Waals surface area contributed by atoms with Crippen LogP contribution < -0.4 is 9.47 Å². The Hall–Kier alpha value is -2.54. The normalized spacial score (nSPS) is 18.9. The molecular formula is C21H23NO5S. The van der Waals surface area contributed by atoms with Crippen molar-refractivity contribution < 1.29 is 22.7 Å². The van der Waals surface area contributed by atoms with E-state index in [2.05, 4.69) is 0 Å². The van der Waals surface area contributed by atoms with Crippen molar-refractivity contribution in [1.29, 1.82) is 0 Å². The van der Waals surface area contributed by atoms with Gasteiger partial charge in [-0.2, -0.15) is 0 Å². The summed E-state index contributed by atoms with van der Waals surface area (Å²) in [4.78, 5) is 15.3. The van der Waals surface area contributed by atoms with Crippen molar-refractivity contribution in [2.45, 2.75) is 30.7 Å². The van der Waals surface area contributed by atoms with Crippen molar-refractivity contribution in [3.63, 3.8) is 0 Å². The topological polar surface area (TPSA) is 72.9 Å². The minimum Gasteiger partial charge on any atom is -0.486 e. The lowest BCUT2D eigenvalue weighted by molar-refractivity contribution is 0.0734. The smallest absolute Gasteiger partial charge is 0.254 e. The van der Waals surface area contributed by atoms with E-state index in [0.717, 1.165) is 36.0 Å². The van der Waals surface area contributed by atoms with Crippen LogP contribution in [0.15, 0.2) is 41.3 Å². The Morgan fingerprint density at radius 1 is 1.07 bits per heavy atom. The Labute approximate surface area is 165 Å². The highest BCUT2D eigenvalue weighted by atomic mass is 32.2. The van der Waals surface area contributed by atoms with Crippen LogP contribution in [0.5, 0.6) is 11.5 Å². The fourth-order valence-electron chi connectivity index (χ4n) is 3.84. The number of aryl methyl sites for hydroxylation is 1. The first-order valence-electron chi connectivity index (χ1n) is 9.36. The number of hydrogen-bond acceptors (Lipinski definition) is 5. The first-order valence-corrected chi connectivity index (χ1v) is 11.2. The Kier molecular flexibility index (Phi) is 4.79. The van der Waals surface area contributed by atoms with E-state index >= 15 is 0 Å². The second-order valence-electron chi connectivity index (χ2n) is 7.31. The molecule has 0 N–H and O–H groups in total. The van der Waals surface area contributed by atoms with Gasteiger partial charge in [0.1, 0.15) is 13.2 Å². The number of nitrogens with zero attached hydrogens (tertiary/aromatic N) is 1. The average molecular weight is 401 g/mol. The van der Waals surface area contributed by atoms with Crippen molar-refractivity contribution in [2.75, 3.05) is 26.0 Å². The van der Waals surface area contributed by atoms with E-state index in [0.29, 0.717) is 31.1 Å². The molecule has 1 saturated heterocycles. The zero-order valence-electron chi connectivity index (χ0n) is 16.0. The van der Waals surface area contributed by atoms with Crippen LogP contribution in [0.4, 0.5) is 0 Å². The standard InChI is InChI=1S/C21H23NO5S/c1-14-5-7-16(28(2,24)25)13-17(14)21(23)22-9-3-4-18(22)15-6-8-19-20(12-15)27-11-10-26-19/h5-8,12-13,18H,3-4,9-11H2,1-2H3. The van der Waals surface area contributed by atoms with E-state index < -0.39 is 9.84 Å². The van der Waals surface area contributed by atoms with E-state index in [1.807, 2.05) is 30.0 Å². The van der Waals surface area contributed by atoms with Crippen LogP contribution in [0.25, 0.3) is 0 Å². The monoisotopic (exact) mass is 401 g/mol. The van der Waals surface area contributed by atoms with Crippen LogP contribution in [0.3, 0.4) is 0 Å². The molecule has 2 heterocycles. The molecule has 2 aromatic carbocycles. The Morgan fingerprint density at radius 2 is 1.82 bits per heavy atom. The van der Waals surface area contributed by atoms with Gasteiger partial charge in [-0.1, -0.05) is 12.1 Å². The number of fused-ring (bicyclic) bond motifs is 1. The molecule has 1 fully saturated rings. The summed E-state index contributed by atoms with van der Waals surface area (Å²) in [6, 6.07) is 10.5. The summed E-state index contributed by atoms with van der Waals surface area (Å²) in [5, 5.41) is 0. The lowest BCUT2D eigenvalue weighted by atomic mass is 10.0. The number of benzene rings is 2. The van der Waals surface area contributed by atoms with E-state index in [-0.39, 0.29) is 16.8 Å². The van der Waals surface area contributed by atoms with Gasteiger partial charge < -0.3 is 14.4 Å². The Bertz CT molecular complexity index is 1030. The number of rotatable bonds is 3. The minimum absolute atomic E-state index is 0.0652. The molecule has 7 heteroatoms. The predicted octanol–water partition coefficient (Wildman–Crippen LogP) is 3.15. The number of sulfone groups is 1. The third-order valence-electron chi connectivity index (χ3n) is 5.33. The van der Waals surface area contributed by atoms with Crippen LogP contribution in [0.1, 0.15) is 40.4 Å². The van der Waals surface area contributed by atoms with Gasteiger partial charge in [0.15, 0.2) is 21.3 Å². The van der Waals surface area contributed by atoms with Crippen LogP contribution in [0.2, 0.25) is 0 Å². The Morgan fingerprint density at radius 3 is 2.57 bits per heavy atom. The SMILES string of the molecule is Cc1ccc(S(C)(=O)=O)cc1C(=O)N1CCCC1c1ccc2c(c1)OCCO2. The molecule has 0 bridgehead atoms. The number of ether oxygens (including phenoxy) is 2. The highest BCUT2D eigenvalue weighted by Crippen LogP contribution is 2.39. The molecule has 2 aliphatic heterocycles. The summed E-state index contributed by atoms with van der Waals surface area (Å²) in [5.74, 6) is 1.29. The molecular weight excluding hydrogens is 378 g/mol. The van der Waals surface area contributed by atoms with Gasteiger partial charge in [0.05, 0.1) is 10.9 Å². The van der Waals surface area contributed by atoms with Gasteiger partial charge in [-0.3, -0.25) is 4.79 Å². The highest BCUT2D eigenvalue weighted by Gasteiger charge is 2.32. The Balaban J connectivity index is 1.66. The van der Waals surface area contributed by atoms with E-state index in [9.17, 15) is 13.2 Å². The zero-order valence-corrected chi connectivity index (χ0v) is 16.8. The predicted molar refractivity (Wildman–Crippen MR) is 105 cm³/mol. The molecule has 0 aromatic heterocycles. The number of carbonyl (C=O) groups excluding carboxylic acids is 1. The van der Waals surface area contributed by atoms with Crippen LogP contribution >= 0.6 is 0 Å². The molecule has 1 atom stereocenters. The summed E-state index contributed by atoms with van der Waals surface area (Å²) in [7, 11) is -3.38. The maximum Gasteiger partial charge on any atom is 0.254 e. The van der Waals surface area contributed by atoms with Crippen molar-refractivity contribution >= 4 is 15.7 Å². The molecule has 6 nitrogen and oxygen atoms in total. The molecule has 1 amide bonds. The van der Waals surface area contributed by atoms with E-state index in [4.69, 9.17) is 9.47 Å². The van der Waals surface area contributed by atoms with Crippen molar-refractivity contribution in [3.8, 4) is 11.5 Å². The van der Waals surface area contributed by atoms with Crippen molar-refractivity contribution in [2.24, 2.45) is 0 Å². The molecule has 0 saturated carbocycles. The number of likely N-dealkylation sites (tertiary alicyclic amines) is 1. The molecule has 2 aromatic rings. The summed E-state index contributed by atoms with van der Waals surface area (Å²) in [6.07, 6.45) is 2.91. The molecule has 148 valence electrons. The molecule has 1 unspecified atom stereocenters. The third-order valence-corrected chi connectivity index (χ3v) is 6.44. The number of amides is 1. The number of carbonyl (C=O) groups is 1. The molecule has 0 radical (unpaired) electrons. The van der Waals surface area contributed by atoms with Gasteiger partial charge in [0.2, 0.25) is 0 Å². The lowest BCUT2D eigenvalue weighted by Crippen LogP contribution is -2.31. The minimum atomic E-state index is -3.38. The second kappa shape index (κ2) is 7.13. The number of hydrogen-bond donors (Lipinski definition) is 0. The van der Waals surface area contributed by atoms with Gasteiger partial charge >= 0.3 is 0 Å². The summed E-state index contributed by atoms with van der Waals surface area (Å²) in [6.45, 7) is 3.52. The van der Waals surface area contributed by atoms with E-state index in [1.165, 1.54) is 6.07 Å². The highest BCUT2D eigenvalue weighted by molar-refractivity contribution is 7.90.